The molecule has 1 rings (SSSR count). The zero-order chi connectivity index (χ0) is 19.6. The fourth-order valence-electron chi connectivity index (χ4n) is 1.50. The van der Waals surface area contributed by atoms with Gasteiger partial charge in [-0.05, 0) is 20.8 Å². The largest absolute Gasteiger partial charge is 0.481 e. The first-order valence-electron chi connectivity index (χ1n) is 7.83. The summed E-state index contributed by atoms with van der Waals surface area (Å²) in [6.45, 7) is 6.01. The van der Waals surface area contributed by atoms with Crippen LogP contribution in [0.3, 0.4) is 0 Å². The molecule has 0 radical (unpaired) electrons. The number of alkyl carbamates (subject to hydrolysis) is 1. The van der Waals surface area contributed by atoms with E-state index in [1.807, 2.05) is 0 Å². The van der Waals surface area contributed by atoms with Crippen molar-refractivity contribution in [3.8, 4) is 0 Å². The highest BCUT2D eigenvalue weighted by Gasteiger charge is 2.16. The van der Waals surface area contributed by atoms with Gasteiger partial charge in [0.1, 0.15) is 15.5 Å². The molecule has 3 N–H and O–H groups in total. The minimum absolute atomic E-state index is 0.130. The number of amides is 2. The number of thiazole rings is 1. The molecule has 26 heavy (non-hydrogen) atoms. The molecule has 0 aromatic carbocycles. The molecule has 1 aromatic heterocycles. The SMILES string of the molecule is CC(C)(C)OC(=O)NCc1ncc(C(=O)NCCSSCCC(=O)O)s1. The van der Waals surface area contributed by atoms with Crippen molar-refractivity contribution in [2.24, 2.45) is 0 Å². The van der Waals surface area contributed by atoms with Gasteiger partial charge in [0.25, 0.3) is 5.91 Å². The van der Waals surface area contributed by atoms with E-state index in [9.17, 15) is 14.4 Å². The molecular formula is C15H23N3O5S3. The first-order chi connectivity index (χ1) is 12.2. The fraction of sp³-hybridized carbons (Fsp3) is 0.600. The molecule has 0 unspecified atom stereocenters. The zero-order valence-corrected chi connectivity index (χ0v) is 17.3. The summed E-state index contributed by atoms with van der Waals surface area (Å²) < 4.78 is 5.13. The number of nitrogens with zero attached hydrogens (tertiary/aromatic N) is 1. The number of carboxylic acid groups (broad SMARTS) is 1. The first-order valence-corrected chi connectivity index (χ1v) is 11.1. The Hall–Kier alpha value is -1.46. The maximum absolute atomic E-state index is 12.0. The van der Waals surface area contributed by atoms with Crippen LogP contribution in [0.15, 0.2) is 6.20 Å². The van der Waals surface area contributed by atoms with E-state index in [1.54, 1.807) is 20.8 Å². The number of carbonyl (C=O) groups is 3. The summed E-state index contributed by atoms with van der Waals surface area (Å²) in [5.74, 6) is 0.189. The summed E-state index contributed by atoms with van der Waals surface area (Å²) in [5, 5.41) is 14.5. The van der Waals surface area contributed by atoms with E-state index in [-0.39, 0.29) is 18.9 Å². The molecule has 1 aromatic rings. The molecule has 0 atom stereocenters. The number of hydrogen-bond donors (Lipinski definition) is 3. The van der Waals surface area contributed by atoms with Gasteiger partial charge < -0.3 is 20.5 Å². The molecule has 146 valence electrons. The Morgan fingerprint density at radius 1 is 1.23 bits per heavy atom. The van der Waals surface area contributed by atoms with Crippen molar-refractivity contribution in [1.29, 1.82) is 0 Å². The maximum atomic E-state index is 12.0. The van der Waals surface area contributed by atoms with Crippen molar-refractivity contribution in [3.63, 3.8) is 0 Å². The van der Waals surface area contributed by atoms with E-state index in [0.717, 1.165) is 0 Å². The molecule has 1 heterocycles. The highest BCUT2D eigenvalue weighted by molar-refractivity contribution is 8.76. The third-order valence-corrected chi connectivity index (χ3v) is 5.92. The Morgan fingerprint density at radius 3 is 2.58 bits per heavy atom. The van der Waals surface area contributed by atoms with Crippen molar-refractivity contribution in [1.82, 2.24) is 15.6 Å². The van der Waals surface area contributed by atoms with Gasteiger partial charge in [-0.3, -0.25) is 9.59 Å². The van der Waals surface area contributed by atoms with E-state index in [0.29, 0.717) is 27.9 Å². The Balaban J connectivity index is 2.24. The van der Waals surface area contributed by atoms with Crippen LogP contribution in [0.5, 0.6) is 0 Å². The van der Waals surface area contributed by atoms with Crippen LogP contribution in [0.25, 0.3) is 0 Å². The third kappa shape index (κ3) is 10.5. The van der Waals surface area contributed by atoms with Crippen LogP contribution in [-0.4, -0.2) is 51.7 Å². The number of ether oxygens (including phenoxy) is 1. The minimum Gasteiger partial charge on any atom is -0.481 e. The third-order valence-electron chi connectivity index (χ3n) is 2.51. The zero-order valence-electron chi connectivity index (χ0n) is 14.9. The van der Waals surface area contributed by atoms with E-state index in [1.165, 1.54) is 39.1 Å². The summed E-state index contributed by atoms with van der Waals surface area (Å²) in [6.07, 6.45) is 1.07. The minimum atomic E-state index is -0.812. The molecule has 2 amide bonds. The van der Waals surface area contributed by atoms with Gasteiger partial charge in [0.2, 0.25) is 0 Å². The molecule has 0 aliphatic carbocycles. The van der Waals surface area contributed by atoms with Crippen LogP contribution in [0.2, 0.25) is 0 Å². The Labute approximate surface area is 164 Å². The number of carboxylic acids is 1. The molecule has 0 saturated carbocycles. The molecule has 8 nitrogen and oxygen atoms in total. The van der Waals surface area contributed by atoms with Crippen LogP contribution < -0.4 is 10.6 Å². The lowest BCUT2D eigenvalue weighted by Gasteiger charge is -2.19. The number of aliphatic carboxylic acids is 1. The molecule has 0 spiro atoms. The lowest BCUT2D eigenvalue weighted by Crippen LogP contribution is -2.32. The average Bonchev–Trinajstić information content (AvgIpc) is 2.99. The molecule has 11 heteroatoms. The number of nitrogens with one attached hydrogen (secondary N) is 2. The number of hydrogen-bond acceptors (Lipinski definition) is 8. The topological polar surface area (TPSA) is 118 Å². The Kier molecular flexibility index (Phi) is 9.81. The van der Waals surface area contributed by atoms with Crippen LogP contribution in [0, 0.1) is 0 Å². The lowest BCUT2D eigenvalue weighted by molar-refractivity contribution is -0.136. The summed E-state index contributed by atoms with van der Waals surface area (Å²) >= 11 is 1.21. The van der Waals surface area contributed by atoms with Gasteiger partial charge in [-0.25, -0.2) is 9.78 Å². The van der Waals surface area contributed by atoms with Crippen LogP contribution in [-0.2, 0) is 16.1 Å². The van der Waals surface area contributed by atoms with E-state index < -0.39 is 17.7 Å². The van der Waals surface area contributed by atoms with Gasteiger partial charge in [-0.2, -0.15) is 0 Å². The van der Waals surface area contributed by atoms with E-state index in [2.05, 4.69) is 15.6 Å². The second kappa shape index (κ2) is 11.3. The van der Waals surface area contributed by atoms with Crippen molar-refractivity contribution in [3.05, 3.63) is 16.1 Å². The van der Waals surface area contributed by atoms with Crippen molar-refractivity contribution in [2.75, 3.05) is 18.1 Å². The van der Waals surface area contributed by atoms with E-state index in [4.69, 9.17) is 9.84 Å². The van der Waals surface area contributed by atoms with Gasteiger partial charge in [0.05, 0.1) is 19.2 Å². The highest BCUT2D eigenvalue weighted by Crippen LogP contribution is 2.21. The van der Waals surface area contributed by atoms with Crippen molar-refractivity contribution >= 4 is 50.9 Å². The molecule has 0 aliphatic rings. The summed E-state index contributed by atoms with van der Waals surface area (Å²) in [7, 11) is 2.99. The second-order valence-corrected chi connectivity index (χ2v) is 9.83. The first kappa shape index (κ1) is 22.6. The summed E-state index contributed by atoms with van der Waals surface area (Å²) in [6, 6.07) is 0. The highest BCUT2D eigenvalue weighted by atomic mass is 33.1. The number of carbonyl (C=O) groups excluding carboxylic acids is 2. The standard InChI is InChI=1S/C15H23N3O5S3/c1-15(2,3)23-14(22)18-9-11-17-8-10(26-11)13(21)16-5-7-25-24-6-4-12(19)20/h8H,4-7,9H2,1-3H3,(H,16,21)(H,18,22)(H,19,20). The summed E-state index contributed by atoms with van der Waals surface area (Å²) in [4.78, 5) is 38.5. The molecule has 0 fully saturated rings. The predicted octanol–water partition coefficient (Wildman–Crippen LogP) is 2.75. The van der Waals surface area contributed by atoms with Gasteiger partial charge in [-0.1, -0.05) is 21.6 Å². The predicted molar refractivity (Wildman–Crippen MR) is 105 cm³/mol. The quantitative estimate of drug-likeness (QED) is 0.390. The van der Waals surface area contributed by atoms with Crippen LogP contribution in [0.1, 0.15) is 41.9 Å². The normalized spacial score (nSPS) is 11.0. The van der Waals surface area contributed by atoms with Gasteiger partial charge in [-0.15, -0.1) is 11.3 Å². The second-order valence-electron chi connectivity index (χ2n) is 6.02. The number of rotatable bonds is 10. The van der Waals surface area contributed by atoms with Gasteiger partial charge >= 0.3 is 12.1 Å². The van der Waals surface area contributed by atoms with Crippen LogP contribution in [0.4, 0.5) is 4.79 Å². The summed E-state index contributed by atoms with van der Waals surface area (Å²) in [5.41, 5.74) is -0.568. The lowest BCUT2D eigenvalue weighted by atomic mass is 10.2. The molecular weight excluding hydrogens is 398 g/mol. The molecule has 0 aliphatic heterocycles. The van der Waals surface area contributed by atoms with Crippen molar-refractivity contribution < 1.29 is 24.2 Å². The average molecular weight is 422 g/mol. The molecule has 0 bridgehead atoms. The number of aromatic nitrogens is 1. The molecule has 0 saturated heterocycles. The van der Waals surface area contributed by atoms with Crippen molar-refractivity contribution in [2.45, 2.75) is 39.3 Å². The smallest absolute Gasteiger partial charge is 0.408 e. The maximum Gasteiger partial charge on any atom is 0.408 e. The Bertz CT molecular complexity index is 616. The van der Waals surface area contributed by atoms with Crippen LogP contribution >= 0.6 is 32.9 Å². The monoisotopic (exact) mass is 421 g/mol. The van der Waals surface area contributed by atoms with Gasteiger partial charge in [0.15, 0.2) is 0 Å². The van der Waals surface area contributed by atoms with E-state index >= 15 is 0 Å². The Morgan fingerprint density at radius 2 is 1.92 bits per heavy atom. The van der Waals surface area contributed by atoms with Gasteiger partial charge in [0, 0.05) is 18.1 Å². The fourth-order valence-corrected chi connectivity index (χ4v) is 4.16.